The van der Waals surface area contributed by atoms with Crippen LogP contribution in [0.4, 0.5) is 18.9 Å². The van der Waals surface area contributed by atoms with Gasteiger partial charge in [0.2, 0.25) is 0 Å². The maximum absolute atomic E-state index is 12.9. The van der Waals surface area contributed by atoms with Gasteiger partial charge < -0.3 is 14.8 Å². The van der Waals surface area contributed by atoms with Crippen molar-refractivity contribution in [2.45, 2.75) is 12.8 Å². The van der Waals surface area contributed by atoms with Gasteiger partial charge in [-0.05, 0) is 41.5 Å². The van der Waals surface area contributed by atoms with E-state index < -0.39 is 17.6 Å². The minimum Gasteiger partial charge on any atom is -0.493 e. The summed E-state index contributed by atoms with van der Waals surface area (Å²) in [5.41, 5.74) is 1.69. The van der Waals surface area contributed by atoms with Crippen LogP contribution in [0.1, 0.15) is 22.3 Å². The molecule has 0 radical (unpaired) electrons. The number of nitrogens with one attached hydrogen (secondary N) is 1. The normalized spacial score (nSPS) is 14.3. The molecule has 0 saturated carbocycles. The number of hydrogen-bond acceptors (Lipinski definition) is 3. The lowest BCUT2D eigenvalue weighted by molar-refractivity contribution is -0.137. The van der Waals surface area contributed by atoms with Gasteiger partial charge in [0.15, 0.2) is 11.5 Å². The molecule has 0 atom stereocenters. The van der Waals surface area contributed by atoms with E-state index >= 15 is 0 Å². The van der Waals surface area contributed by atoms with Crippen LogP contribution in [0.2, 0.25) is 0 Å². The van der Waals surface area contributed by atoms with Crippen LogP contribution in [0.15, 0.2) is 66.7 Å². The van der Waals surface area contributed by atoms with Crippen LogP contribution >= 0.6 is 0 Å². The van der Waals surface area contributed by atoms with E-state index in [-0.39, 0.29) is 11.3 Å². The summed E-state index contributed by atoms with van der Waals surface area (Å²) in [5.74, 6) is 0.564. The molecule has 1 N–H and O–H groups in total. The van der Waals surface area contributed by atoms with Gasteiger partial charge in [0, 0.05) is 16.8 Å². The topological polar surface area (TPSA) is 47.6 Å². The highest BCUT2D eigenvalue weighted by Crippen LogP contribution is 2.39. The summed E-state index contributed by atoms with van der Waals surface area (Å²) in [6.45, 7) is 0.370. The molecule has 0 aromatic heterocycles. The Morgan fingerprint density at radius 3 is 2.45 bits per heavy atom. The van der Waals surface area contributed by atoms with Gasteiger partial charge in [0.1, 0.15) is 6.61 Å². The van der Waals surface area contributed by atoms with Crippen molar-refractivity contribution in [1.29, 1.82) is 0 Å². The first kappa shape index (κ1) is 20.5. The Labute approximate surface area is 176 Å². The molecule has 0 saturated heterocycles. The number of alkyl halides is 3. The van der Waals surface area contributed by atoms with Gasteiger partial charge in [-0.25, -0.2) is 0 Å². The number of fused-ring (bicyclic) bond motifs is 1. The zero-order valence-corrected chi connectivity index (χ0v) is 16.5. The molecule has 1 amide bonds. The van der Waals surface area contributed by atoms with Crippen molar-refractivity contribution in [2.24, 2.45) is 0 Å². The Morgan fingerprint density at radius 1 is 0.968 bits per heavy atom. The Bertz CT molecular complexity index is 1150. The number of carbonyl (C=O) groups excluding carboxylic acids is 1. The molecule has 1 aliphatic heterocycles. The van der Waals surface area contributed by atoms with Gasteiger partial charge in [-0.3, -0.25) is 4.79 Å². The fraction of sp³-hybridized carbons (Fsp3) is 0.125. The molecule has 3 aromatic rings. The van der Waals surface area contributed by atoms with E-state index in [4.69, 9.17) is 9.47 Å². The van der Waals surface area contributed by atoms with E-state index in [0.29, 0.717) is 29.2 Å². The van der Waals surface area contributed by atoms with E-state index in [1.165, 1.54) is 13.2 Å². The van der Waals surface area contributed by atoms with E-state index in [0.717, 1.165) is 17.7 Å². The van der Waals surface area contributed by atoms with Crippen molar-refractivity contribution in [3.63, 3.8) is 0 Å². The number of halogens is 3. The number of methoxy groups -OCH3 is 1. The SMILES string of the molecule is COc1cc(/C=C2/C(=O)Nc3cc(C(F)(F)F)ccc32)ccc1OCc1ccccc1. The lowest BCUT2D eigenvalue weighted by Crippen LogP contribution is -2.06. The molecule has 4 nitrogen and oxygen atoms in total. The molecule has 0 fully saturated rings. The zero-order chi connectivity index (χ0) is 22.0. The summed E-state index contributed by atoms with van der Waals surface area (Å²) >= 11 is 0. The Hall–Kier alpha value is -3.74. The fourth-order valence-corrected chi connectivity index (χ4v) is 3.31. The lowest BCUT2D eigenvalue weighted by Gasteiger charge is -2.12. The lowest BCUT2D eigenvalue weighted by atomic mass is 10.0. The fourth-order valence-electron chi connectivity index (χ4n) is 3.31. The molecule has 0 bridgehead atoms. The first-order chi connectivity index (χ1) is 14.8. The predicted molar refractivity (Wildman–Crippen MR) is 112 cm³/mol. The second kappa shape index (κ2) is 8.18. The number of anilines is 1. The van der Waals surface area contributed by atoms with Crippen molar-refractivity contribution in [3.8, 4) is 11.5 Å². The third-order valence-electron chi connectivity index (χ3n) is 4.87. The monoisotopic (exact) mass is 425 g/mol. The summed E-state index contributed by atoms with van der Waals surface area (Å²) in [7, 11) is 1.51. The molecule has 7 heteroatoms. The maximum Gasteiger partial charge on any atom is 0.416 e. The van der Waals surface area contributed by atoms with E-state index in [2.05, 4.69) is 5.32 Å². The molecule has 0 unspecified atom stereocenters. The van der Waals surface area contributed by atoms with Crippen LogP contribution in [0.25, 0.3) is 11.6 Å². The van der Waals surface area contributed by atoms with E-state index in [1.54, 1.807) is 24.3 Å². The van der Waals surface area contributed by atoms with Gasteiger partial charge in [0.05, 0.1) is 12.7 Å². The predicted octanol–water partition coefficient (Wildman–Crippen LogP) is 5.79. The summed E-state index contributed by atoms with van der Waals surface area (Å²) in [6, 6.07) is 18.1. The summed E-state index contributed by atoms with van der Waals surface area (Å²) < 4.78 is 50.0. The average Bonchev–Trinajstić information content (AvgIpc) is 3.07. The molecule has 158 valence electrons. The highest BCUT2D eigenvalue weighted by atomic mass is 19.4. The molecule has 3 aromatic carbocycles. The summed E-state index contributed by atoms with van der Waals surface area (Å²) in [6.07, 6.45) is -2.87. The second-order valence-corrected chi connectivity index (χ2v) is 6.95. The van der Waals surface area contributed by atoms with Crippen molar-refractivity contribution < 1.29 is 27.4 Å². The third kappa shape index (κ3) is 4.40. The Morgan fingerprint density at radius 2 is 1.74 bits per heavy atom. The molecular formula is C24H18F3NO3. The van der Waals surface area contributed by atoms with Crippen LogP contribution in [0, 0.1) is 0 Å². The molecular weight excluding hydrogens is 407 g/mol. The van der Waals surface area contributed by atoms with Gasteiger partial charge in [0.25, 0.3) is 5.91 Å². The van der Waals surface area contributed by atoms with Crippen molar-refractivity contribution in [1.82, 2.24) is 0 Å². The molecule has 1 aliphatic rings. The minimum absolute atomic E-state index is 0.140. The third-order valence-corrected chi connectivity index (χ3v) is 4.87. The van der Waals surface area contributed by atoms with Crippen LogP contribution in [-0.4, -0.2) is 13.0 Å². The molecule has 0 aliphatic carbocycles. The quantitative estimate of drug-likeness (QED) is 0.527. The Balaban J connectivity index is 1.60. The summed E-state index contributed by atoms with van der Waals surface area (Å²) in [4.78, 5) is 12.4. The molecule has 31 heavy (non-hydrogen) atoms. The number of amides is 1. The summed E-state index contributed by atoms with van der Waals surface area (Å²) in [5, 5.41) is 2.50. The zero-order valence-electron chi connectivity index (χ0n) is 16.5. The first-order valence-electron chi connectivity index (χ1n) is 9.44. The van der Waals surface area contributed by atoms with Gasteiger partial charge in [-0.1, -0.05) is 42.5 Å². The van der Waals surface area contributed by atoms with Crippen LogP contribution in [-0.2, 0) is 17.6 Å². The maximum atomic E-state index is 12.9. The van der Waals surface area contributed by atoms with Gasteiger partial charge >= 0.3 is 6.18 Å². The largest absolute Gasteiger partial charge is 0.493 e. The van der Waals surface area contributed by atoms with Gasteiger partial charge in [-0.15, -0.1) is 0 Å². The minimum atomic E-state index is -4.48. The van der Waals surface area contributed by atoms with Crippen molar-refractivity contribution in [2.75, 3.05) is 12.4 Å². The second-order valence-electron chi connectivity index (χ2n) is 6.95. The number of hydrogen-bond donors (Lipinski definition) is 1. The standard InChI is InChI=1S/C24H18F3NO3/c1-30-22-12-16(7-10-21(22)31-14-15-5-3-2-4-6-15)11-19-18-9-8-17(24(25,26)27)13-20(18)28-23(19)29/h2-13H,14H2,1H3,(H,28,29)/b19-11+. The first-order valence-corrected chi connectivity index (χ1v) is 9.44. The molecule has 0 spiro atoms. The van der Waals surface area contributed by atoms with Gasteiger partial charge in [-0.2, -0.15) is 13.2 Å². The van der Waals surface area contributed by atoms with Crippen molar-refractivity contribution in [3.05, 3.63) is 89.0 Å². The van der Waals surface area contributed by atoms with Crippen LogP contribution < -0.4 is 14.8 Å². The highest BCUT2D eigenvalue weighted by molar-refractivity contribution is 6.34. The smallest absolute Gasteiger partial charge is 0.416 e. The van der Waals surface area contributed by atoms with Crippen LogP contribution in [0.3, 0.4) is 0 Å². The van der Waals surface area contributed by atoms with Crippen molar-refractivity contribution >= 4 is 23.2 Å². The average molecular weight is 425 g/mol. The number of benzene rings is 3. The number of rotatable bonds is 5. The van der Waals surface area contributed by atoms with Crippen LogP contribution in [0.5, 0.6) is 11.5 Å². The molecule has 4 rings (SSSR count). The van der Waals surface area contributed by atoms with E-state index in [1.807, 2.05) is 30.3 Å². The number of ether oxygens (including phenoxy) is 2. The number of carbonyl (C=O) groups is 1. The highest BCUT2D eigenvalue weighted by Gasteiger charge is 2.33. The Kier molecular flexibility index (Phi) is 5.42. The molecule has 1 heterocycles. The van der Waals surface area contributed by atoms with E-state index in [9.17, 15) is 18.0 Å².